The lowest BCUT2D eigenvalue weighted by molar-refractivity contribution is 0.615. The summed E-state index contributed by atoms with van der Waals surface area (Å²) < 4.78 is 28.4. The molecule has 0 fully saturated rings. The second kappa shape index (κ2) is 6.26. The Labute approximate surface area is 119 Å². The van der Waals surface area contributed by atoms with Gasteiger partial charge in [0.15, 0.2) is 0 Å². The van der Waals surface area contributed by atoms with Gasteiger partial charge in [-0.05, 0) is 42.4 Å². The molecule has 19 heavy (non-hydrogen) atoms. The van der Waals surface area contributed by atoms with E-state index >= 15 is 0 Å². The van der Waals surface area contributed by atoms with Crippen LogP contribution in [0.5, 0.6) is 0 Å². The van der Waals surface area contributed by atoms with Crippen LogP contribution in [-0.4, -0.2) is 6.54 Å². The van der Waals surface area contributed by atoms with Crippen molar-refractivity contribution in [2.75, 3.05) is 6.54 Å². The topological polar surface area (TPSA) is 12.0 Å². The fourth-order valence-corrected chi connectivity index (χ4v) is 2.22. The quantitative estimate of drug-likeness (QED) is 0.872. The number of nitrogens with one attached hydrogen (secondary N) is 1. The number of hydrogen-bond donors (Lipinski definition) is 1. The molecule has 0 radical (unpaired) electrons. The molecule has 1 N–H and O–H groups in total. The maximum atomic E-state index is 13.9. The van der Waals surface area contributed by atoms with Gasteiger partial charge < -0.3 is 5.32 Å². The summed E-state index contributed by atoms with van der Waals surface area (Å²) in [5, 5.41) is 3.16. The van der Waals surface area contributed by atoms with Gasteiger partial charge in [-0.1, -0.05) is 28.9 Å². The van der Waals surface area contributed by atoms with Crippen LogP contribution >= 0.6 is 15.9 Å². The molecule has 2 rings (SSSR count). The van der Waals surface area contributed by atoms with E-state index in [0.29, 0.717) is 6.54 Å². The van der Waals surface area contributed by atoms with E-state index in [1.165, 1.54) is 12.1 Å². The van der Waals surface area contributed by atoms with Crippen molar-refractivity contribution in [2.24, 2.45) is 0 Å². The molecule has 100 valence electrons. The van der Waals surface area contributed by atoms with Gasteiger partial charge >= 0.3 is 0 Å². The summed E-state index contributed by atoms with van der Waals surface area (Å²) in [7, 11) is 0. The molecule has 1 nitrogen and oxygen atoms in total. The zero-order valence-electron chi connectivity index (χ0n) is 10.5. The Hall–Kier alpha value is -1.26. The SMILES string of the molecule is CCNCc1ccc(F)c(-c2cc(Br)ccc2F)c1. The number of benzene rings is 2. The maximum Gasteiger partial charge on any atom is 0.131 e. The van der Waals surface area contributed by atoms with Crippen LogP contribution in [0.1, 0.15) is 12.5 Å². The predicted octanol–water partition coefficient (Wildman–Crippen LogP) is 4.50. The average molecular weight is 326 g/mol. The first-order valence-corrected chi connectivity index (χ1v) is 6.85. The van der Waals surface area contributed by atoms with Crippen molar-refractivity contribution in [2.45, 2.75) is 13.5 Å². The summed E-state index contributed by atoms with van der Waals surface area (Å²) in [6, 6.07) is 9.28. The van der Waals surface area contributed by atoms with Gasteiger partial charge in [0.2, 0.25) is 0 Å². The van der Waals surface area contributed by atoms with Crippen molar-refractivity contribution in [3.05, 3.63) is 58.1 Å². The highest BCUT2D eigenvalue weighted by Crippen LogP contribution is 2.29. The molecule has 0 heterocycles. The summed E-state index contributed by atoms with van der Waals surface area (Å²) in [5.41, 5.74) is 1.48. The van der Waals surface area contributed by atoms with E-state index < -0.39 is 11.6 Å². The Morgan fingerprint density at radius 3 is 2.32 bits per heavy atom. The lowest BCUT2D eigenvalue weighted by atomic mass is 10.0. The smallest absolute Gasteiger partial charge is 0.131 e. The second-order valence-corrected chi connectivity index (χ2v) is 5.13. The Kier molecular flexibility index (Phi) is 4.66. The van der Waals surface area contributed by atoms with E-state index in [2.05, 4.69) is 21.2 Å². The number of hydrogen-bond acceptors (Lipinski definition) is 1. The van der Waals surface area contributed by atoms with E-state index in [1.807, 2.05) is 6.92 Å². The van der Waals surface area contributed by atoms with Gasteiger partial charge in [0.25, 0.3) is 0 Å². The average Bonchev–Trinajstić information content (AvgIpc) is 2.41. The first-order chi connectivity index (χ1) is 9.11. The normalized spacial score (nSPS) is 10.7. The minimum absolute atomic E-state index is 0.269. The van der Waals surface area contributed by atoms with Gasteiger partial charge in [-0.25, -0.2) is 8.78 Å². The van der Waals surface area contributed by atoms with Gasteiger partial charge in [-0.15, -0.1) is 0 Å². The zero-order valence-corrected chi connectivity index (χ0v) is 12.1. The Balaban J connectivity index is 2.45. The Morgan fingerprint density at radius 2 is 1.63 bits per heavy atom. The molecule has 2 aromatic carbocycles. The molecule has 0 saturated heterocycles. The molecule has 0 saturated carbocycles. The van der Waals surface area contributed by atoms with Crippen molar-refractivity contribution >= 4 is 15.9 Å². The molecule has 0 aliphatic heterocycles. The van der Waals surface area contributed by atoms with E-state index in [4.69, 9.17) is 0 Å². The lowest BCUT2D eigenvalue weighted by Crippen LogP contribution is -2.11. The molecule has 0 bridgehead atoms. The number of rotatable bonds is 4. The predicted molar refractivity (Wildman–Crippen MR) is 76.9 cm³/mol. The molecule has 2 aromatic rings. The molecular weight excluding hydrogens is 312 g/mol. The van der Waals surface area contributed by atoms with Crippen LogP contribution in [0, 0.1) is 11.6 Å². The van der Waals surface area contributed by atoms with E-state index in [9.17, 15) is 8.78 Å². The second-order valence-electron chi connectivity index (χ2n) is 4.22. The summed E-state index contributed by atoms with van der Waals surface area (Å²) in [6.45, 7) is 3.47. The highest BCUT2D eigenvalue weighted by Gasteiger charge is 2.11. The van der Waals surface area contributed by atoms with Gasteiger partial charge in [0, 0.05) is 22.1 Å². The largest absolute Gasteiger partial charge is 0.313 e. The molecule has 0 aliphatic carbocycles. The molecule has 0 amide bonds. The third kappa shape index (κ3) is 3.39. The molecule has 0 unspecified atom stereocenters. The van der Waals surface area contributed by atoms with Crippen molar-refractivity contribution in [3.8, 4) is 11.1 Å². The van der Waals surface area contributed by atoms with Crippen molar-refractivity contribution in [3.63, 3.8) is 0 Å². The van der Waals surface area contributed by atoms with Gasteiger partial charge in [-0.2, -0.15) is 0 Å². The standard InChI is InChI=1S/C15H14BrF2N/c1-2-19-9-10-3-5-14(17)12(7-10)13-8-11(16)4-6-15(13)18/h3-8,19H,2,9H2,1H3. The molecule has 0 atom stereocenters. The maximum absolute atomic E-state index is 13.9. The third-order valence-corrected chi connectivity index (χ3v) is 3.32. The molecule has 0 aromatic heterocycles. The van der Waals surface area contributed by atoms with Crippen LogP contribution in [0.25, 0.3) is 11.1 Å². The summed E-state index contributed by atoms with van der Waals surface area (Å²) >= 11 is 3.28. The first kappa shape index (κ1) is 14.2. The molecule has 0 aliphatic rings. The lowest BCUT2D eigenvalue weighted by Gasteiger charge is -2.09. The Morgan fingerprint density at radius 1 is 1.00 bits per heavy atom. The van der Waals surface area contributed by atoms with Crippen LogP contribution < -0.4 is 5.32 Å². The zero-order chi connectivity index (χ0) is 13.8. The monoisotopic (exact) mass is 325 g/mol. The summed E-state index contributed by atoms with van der Waals surface area (Å²) in [5.74, 6) is -0.847. The molecule has 0 spiro atoms. The van der Waals surface area contributed by atoms with E-state index in [1.54, 1.807) is 24.3 Å². The van der Waals surface area contributed by atoms with Gasteiger partial charge in [0.05, 0.1) is 0 Å². The minimum atomic E-state index is -0.428. The number of halogens is 3. The van der Waals surface area contributed by atoms with Crippen LogP contribution in [0.4, 0.5) is 8.78 Å². The Bertz CT molecular complexity index is 584. The third-order valence-electron chi connectivity index (χ3n) is 2.83. The van der Waals surface area contributed by atoms with E-state index in [-0.39, 0.29) is 11.1 Å². The molecular formula is C15H14BrF2N. The molecule has 4 heteroatoms. The first-order valence-electron chi connectivity index (χ1n) is 6.06. The van der Waals surface area contributed by atoms with Crippen LogP contribution in [0.15, 0.2) is 40.9 Å². The van der Waals surface area contributed by atoms with Gasteiger partial charge in [-0.3, -0.25) is 0 Å². The summed E-state index contributed by atoms with van der Waals surface area (Å²) in [6.07, 6.45) is 0. The summed E-state index contributed by atoms with van der Waals surface area (Å²) in [4.78, 5) is 0. The van der Waals surface area contributed by atoms with Gasteiger partial charge in [0.1, 0.15) is 11.6 Å². The minimum Gasteiger partial charge on any atom is -0.313 e. The van der Waals surface area contributed by atoms with Crippen molar-refractivity contribution < 1.29 is 8.78 Å². The van der Waals surface area contributed by atoms with Crippen LogP contribution in [-0.2, 0) is 6.54 Å². The fraction of sp³-hybridized carbons (Fsp3) is 0.200. The van der Waals surface area contributed by atoms with E-state index in [0.717, 1.165) is 16.6 Å². The van der Waals surface area contributed by atoms with Crippen LogP contribution in [0.3, 0.4) is 0 Å². The van der Waals surface area contributed by atoms with Crippen molar-refractivity contribution in [1.82, 2.24) is 5.32 Å². The highest BCUT2D eigenvalue weighted by atomic mass is 79.9. The van der Waals surface area contributed by atoms with Crippen molar-refractivity contribution in [1.29, 1.82) is 0 Å². The fourth-order valence-electron chi connectivity index (χ4n) is 1.86. The highest BCUT2D eigenvalue weighted by molar-refractivity contribution is 9.10. The van der Waals surface area contributed by atoms with Crippen LogP contribution in [0.2, 0.25) is 0 Å².